The Labute approximate surface area is 113 Å². The number of benzene rings is 1. The second kappa shape index (κ2) is 5.02. The van der Waals surface area contributed by atoms with Crippen molar-refractivity contribution in [3.05, 3.63) is 34.9 Å². The molecule has 3 atom stereocenters. The predicted octanol–water partition coefficient (Wildman–Crippen LogP) is 3.30. The van der Waals surface area contributed by atoms with E-state index < -0.39 is 0 Å². The third-order valence-corrected chi connectivity index (χ3v) is 4.79. The molecule has 3 unspecified atom stereocenters. The Morgan fingerprint density at radius 1 is 1.33 bits per heavy atom. The van der Waals surface area contributed by atoms with Crippen LogP contribution in [0.3, 0.4) is 0 Å². The molecule has 1 aliphatic carbocycles. The number of carbonyl (C=O) groups is 1. The molecule has 18 heavy (non-hydrogen) atoms. The maximum absolute atomic E-state index is 12.3. The molecule has 1 N–H and O–H groups in total. The molecule has 0 amide bonds. The zero-order valence-corrected chi connectivity index (χ0v) is 11.1. The minimum Gasteiger partial charge on any atom is -0.313 e. The highest BCUT2D eigenvalue weighted by Crippen LogP contribution is 2.39. The van der Waals surface area contributed by atoms with Crippen molar-refractivity contribution >= 4 is 17.4 Å². The molecule has 0 bridgehead atoms. The number of halogens is 1. The third kappa shape index (κ3) is 2.19. The number of ketones is 1. The lowest BCUT2D eigenvalue weighted by molar-refractivity contribution is 0.0963. The van der Waals surface area contributed by atoms with Gasteiger partial charge in [0, 0.05) is 18.0 Å². The molecule has 1 aliphatic heterocycles. The van der Waals surface area contributed by atoms with Gasteiger partial charge in [0.25, 0.3) is 0 Å². The second-order valence-electron chi connectivity index (χ2n) is 5.48. The third-order valence-electron chi connectivity index (χ3n) is 4.46. The molecule has 2 fully saturated rings. The van der Waals surface area contributed by atoms with Gasteiger partial charge in [0.1, 0.15) is 0 Å². The van der Waals surface area contributed by atoms with Crippen LogP contribution in [0.15, 0.2) is 24.3 Å². The van der Waals surface area contributed by atoms with Gasteiger partial charge in [-0.25, -0.2) is 0 Å². The summed E-state index contributed by atoms with van der Waals surface area (Å²) in [5, 5.41) is 4.09. The van der Waals surface area contributed by atoms with E-state index in [0.717, 1.165) is 12.5 Å². The molecule has 1 aromatic carbocycles. The lowest BCUT2D eigenvalue weighted by atomic mass is 9.90. The van der Waals surface area contributed by atoms with E-state index >= 15 is 0 Å². The van der Waals surface area contributed by atoms with Crippen LogP contribution in [0.5, 0.6) is 0 Å². The molecular weight excluding hydrogens is 246 g/mol. The first-order valence-electron chi connectivity index (χ1n) is 6.77. The number of hydrogen-bond donors (Lipinski definition) is 1. The fourth-order valence-corrected chi connectivity index (χ4v) is 3.76. The highest BCUT2D eigenvalue weighted by Gasteiger charge is 2.39. The van der Waals surface area contributed by atoms with Gasteiger partial charge in [0.2, 0.25) is 0 Å². The quantitative estimate of drug-likeness (QED) is 0.848. The average molecular weight is 264 g/mol. The van der Waals surface area contributed by atoms with Crippen LogP contribution >= 0.6 is 11.6 Å². The van der Waals surface area contributed by atoms with Gasteiger partial charge in [-0.1, -0.05) is 30.2 Å². The zero-order valence-electron chi connectivity index (χ0n) is 10.4. The maximum atomic E-state index is 12.3. The van der Waals surface area contributed by atoms with Crippen LogP contribution in [0, 0.1) is 11.8 Å². The largest absolute Gasteiger partial charge is 0.313 e. The Hall–Kier alpha value is -0.860. The molecule has 1 saturated heterocycles. The molecule has 0 radical (unpaired) electrons. The number of hydrogen-bond acceptors (Lipinski definition) is 2. The molecule has 1 heterocycles. The molecule has 2 nitrogen and oxygen atoms in total. The topological polar surface area (TPSA) is 29.1 Å². The minimum atomic E-state index is 0.172. The Kier molecular flexibility index (Phi) is 3.40. The number of nitrogens with one attached hydrogen (secondary N) is 1. The Morgan fingerprint density at radius 3 is 3.00 bits per heavy atom. The standard InChI is InChI=1S/C15H18ClNO/c16-13-7-2-1-5-12(13)15(18)8-14-11-6-3-4-10(11)9-17-14/h1-2,5,7,10-11,14,17H,3-4,6,8-9H2. The summed E-state index contributed by atoms with van der Waals surface area (Å²) in [5.41, 5.74) is 0.669. The van der Waals surface area contributed by atoms with E-state index in [4.69, 9.17) is 11.6 Å². The predicted molar refractivity (Wildman–Crippen MR) is 73.0 cm³/mol. The number of fused-ring (bicyclic) bond motifs is 1. The molecule has 3 rings (SSSR count). The van der Waals surface area contributed by atoms with Gasteiger partial charge in [0.15, 0.2) is 5.78 Å². The first-order valence-corrected chi connectivity index (χ1v) is 7.14. The van der Waals surface area contributed by atoms with Crippen LogP contribution in [0.1, 0.15) is 36.0 Å². The van der Waals surface area contributed by atoms with Crippen molar-refractivity contribution in [1.29, 1.82) is 0 Å². The van der Waals surface area contributed by atoms with Crippen molar-refractivity contribution in [2.45, 2.75) is 31.7 Å². The highest BCUT2D eigenvalue weighted by atomic mass is 35.5. The molecule has 3 heteroatoms. The SMILES string of the molecule is O=C(CC1NCC2CCCC21)c1ccccc1Cl. The Bertz CT molecular complexity index is 460. The van der Waals surface area contributed by atoms with Gasteiger partial charge in [-0.05, 0) is 43.4 Å². The lowest BCUT2D eigenvalue weighted by Gasteiger charge is -2.17. The number of rotatable bonds is 3. The molecule has 2 aliphatic rings. The summed E-state index contributed by atoms with van der Waals surface area (Å²) in [6.45, 7) is 1.09. The van der Waals surface area contributed by atoms with E-state index in [2.05, 4.69) is 5.32 Å². The van der Waals surface area contributed by atoms with Crippen LogP contribution in [-0.4, -0.2) is 18.4 Å². The van der Waals surface area contributed by atoms with E-state index in [1.807, 2.05) is 18.2 Å². The van der Waals surface area contributed by atoms with Gasteiger partial charge in [-0.15, -0.1) is 0 Å². The van der Waals surface area contributed by atoms with Crippen LogP contribution in [0.2, 0.25) is 5.02 Å². The van der Waals surface area contributed by atoms with Crippen molar-refractivity contribution in [2.75, 3.05) is 6.54 Å². The molecular formula is C15H18ClNO. The van der Waals surface area contributed by atoms with Crippen LogP contribution in [0.4, 0.5) is 0 Å². The normalized spacial score (nSPS) is 30.4. The molecule has 1 aromatic rings. The van der Waals surface area contributed by atoms with Gasteiger partial charge in [0.05, 0.1) is 5.02 Å². The van der Waals surface area contributed by atoms with Crippen LogP contribution in [0.25, 0.3) is 0 Å². The molecule has 1 saturated carbocycles. The smallest absolute Gasteiger partial charge is 0.165 e. The van der Waals surface area contributed by atoms with Crippen LogP contribution in [-0.2, 0) is 0 Å². The summed E-state index contributed by atoms with van der Waals surface area (Å²) in [6.07, 6.45) is 4.52. The maximum Gasteiger partial charge on any atom is 0.165 e. The fraction of sp³-hybridized carbons (Fsp3) is 0.533. The summed E-state index contributed by atoms with van der Waals surface area (Å²) >= 11 is 6.07. The highest BCUT2D eigenvalue weighted by molar-refractivity contribution is 6.33. The fourth-order valence-electron chi connectivity index (χ4n) is 3.52. The molecule has 96 valence electrons. The van der Waals surface area contributed by atoms with Crippen molar-refractivity contribution < 1.29 is 4.79 Å². The van der Waals surface area contributed by atoms with Crippen LogP contribution < -0.4 is 5.32 Å². The molecule has 0 spiro atoms. The van der Waals surface area contributed by atoms with Gasteiger partial charge in [-0.2, -0.15) is 0 Å². The lowest BCUT2D eigenvalue weighted by Crippen LogP contribution is -2.29. The summed E-state index contributed by atoms with van der Waals surface area (Å²) in [7, 11) is 0. The molecule has 0 aromatic heterocycles. The van der Waals surface area contributed by atoms with Crippen molar-refractivity contribution in [3.8, 4) is 0 Å². The van der Waals surface area contributed by atoms with E-state index in [9.17, 15) is 4.79 Å². The summed E-state index contributed by atoms with van der Waals surface area (Å²) in [5.74, 6) is 1.68. The second-order valence-corrected chi connectivity index (χ2v) is 5.88. The first-order chi connectivity index (χ1) is 8.75. The monoisotopic (exact) mass is 263 g/mol. The van der Waals surface area contributed by atoms with E-state index in [-0.39, 0.29) is 5.78 Å². The van der Waals surface area contributed by atoms with Gasteiger partial charge in [-0.3, -0.25) is 4.79 Å². The Morgan fingerprint density at radius 2 is 2.17 bits per heavy atom. The van der Waals surface area contributed by atoms with Gasteiger partial charge >= 0.3 is 0 Å². The van der Waals surface area contributed by atoms with E-state index in [1.54, 1.807) is 6.07 Å². The summed E-state index contributed by atoms with van der Waals surface area (Å²) in [4.78, 5) is 12.3. The van der Waals surface area contributed by atoms with E-state index in [1.165, 1.54) is 19.3 Å². The Balaban J connectivity index is 1.70. The van der Waals surface area contributed by atoms with Gasteiger partial charge < -0.3 is 5.32 Å². The summed E-state index contributed by atoms with van der Waals surface area (Å²) < 4.78 is 0. The average Bonchev–Trinajstić information content (AvgIpc) is 2.94. The number of carbonyl (C=O) groups excluding carboxylic acids is 1. The van der Waals surface area contributed by atoms with Crippen molar-refractivity contribution in [2.24, 2.45) is 11.8 Å². The van der Waals surface area contributed by atoms with Crippen molar-refractivity contribution in [1.82, 2.24) is 5.32 Å². The van der Waals surface area contributed by atoms with Crippen molar-refractivity contribution in [3.63, 3.8) is 0 Å². The zero-order chi connectivity index (χ0) is 12.5. The number of Topliss-reactive ketones (excluding diaryl/α,β-unsaturated/α-hetero) is 1. The summed E-state index contributed by atoms with van der Waals surface area (Å²) in [6, 6.07) is 7.71. The first kappa shape index (κ1) is 12.2. The van der Waals surface area contributed by atoms with E-state index in [0.29, 0.717) is 29.0 Å². The minimum absolute atomic E-state index is 0.172.